The average molecular weight is 285 g/mol. The number of alkyl halides is 1. The van der Waals surface area contributed by atoms with E-state index in [1.54, 1.807) is 36.4 Å². The Morgan fingerprint density at radius 3 is 2.50 bits per heavy atom. The van der Waals surface area contributed by atoms with Crippen molar-refractivity contribution >= 4 is 21.6 Å². The van der Waals surface area contributed by atoms with E-state index in [1.165, 1.54) is 0 Å². The van der Waals surface area contributed by atoms with Crippen molar-refractivity contribution in [2.45, 2.75) is 5.75 Å². The summed E-state index contributed by atoms with van der Waals surface area (Å²) in [6, 6.07) is 8.43. The third kappa shape index (κ3) is 5.32. The Morgan fingerprint density at radius 2 is 1.94 bits per heavy atom. The van der Waals surface area contributed by atoms with Gasteiger partial charge in [-0.05, 0) is 17.7 Å². The molecule has 0 aliphatic heterocycles. The number of nitrogens with one attached hydrogen (secondary N) is 1. The summed E-state index contributed by atoms with van der Waals surface area (Å²) in [4.78, 5) is 0. The quantitative estimate of drug-likeness (QED) is 0.639. The van der Waals surface area contributed by atoms with E-state index in [0.717, 1.165) is 0 Å². The lowest BCUT2D eigenvalue weighted by Crippen LogP contribution is -2.25. The highest BCUT2D eigenvalue weighted by molar-refractivity contribution is 7.88. The molecule has 0 aliphatic rings. The third-order valence-corrected chi connectivity index (χ3v) is 3.61. The minimum atomic E-state index is -3.36. The monoisotopic (exact) mass is 284 g/mol. The summed E-state index contributed by atoms with van der Waals surface area (Å²) in [6.45, 7) is 0.228. The van der Waals surface area contributed by atoms with Crippen LogP contribution < -0.4 is 4.72 Å². The minimum Gasteiger partial charge on any atom is -0.212 e. The van der Waals surface area contributed by atoms with Crippen LogP contribution in [0.3, 0.4) is 0 Å². The van der Waals surface area contributed by atoms with Crippen LogP contribution in [0.5, 0.6) is 0 Å². The molecule has 0 unspecified atom stereocenters. The molecule has 96 valence electrons. The van der Waals surface area contributed by atoms with Crippen molar-refractivity contribution in [2.75, 3.05) is 12.4 Å². The number of allylic oxidation sites excluding steroid dienone is 1. The number of nitriles is 1. The molecule has 0 saturated heterocycles. The lowest BCUT2D eigenvalue weighted by Gasteiger charge is -2.04. The molecule has 1 aromatic rings. The third-order valence-electron chi connectivity index (χ3n) is 2.12. The van der Waals surface area contributed by atoms with Crippen molar-refractivity contribution < 1.29 is 8.42 Å². The Balaban J connectivity index is 2.59. The van der Waals surface area contributed by atoms with Crippen LogP contribution in [-0.4, -0.2) is 20.8 Å². The van der Waals surface area contributed by atoms with Crippen LogP contribution in [0.1, 0.15) is 11.1 Å². The predicted molar refractivity (Wildman–Crippen MR) is 71.6 cm³/mol. The summed E-state index contributed by atoms with van der Waals surface area (Å²) in [5.74, 6) is 0.255. The second-order valence-electron chi connectivity index (χ2n) is 3.54. The summed E-state index contributed by atoms with van der Waals surface area (Å²) in [6.07, 6.45) is 3.33. The minimum absolute atomic E-state index is 0.104. The fourth-order valence-electron chi connectivity index (χ4n) is 1.27. The van der Waals surface area contributed by atoms with E-state index in [9.17, 15) is 8.42 Å². The van der Waals surface area contributed by atoms with Gasteiger partial charge in [0.05, 0.1) is 17.4 Å². The number of halogens is 1. The van der Waals surface area contributed by atoms with Crippen molar-refractivity contribution in [3.8, 4) is 6.07 Å². The zero-order valence-corrected chi connectivity index (χ0v) is 11.2. The number of benzene rings is 1. The fourth-order valence-corrected chi connectivity index (χ4v) is 2.48. The molecule has 1 rings (SSSR count). The molecular weight excluding hydrogens is 272 g/mol. The smallest absolute Gasteiger partial charge is 0.212 e. The number of nitrogens with zero attached hydrogens (tertiary/aromatic N) is 1. The first kappa shape index (κ1) is 14.7. The van der Waals surface area contributed by atoms with E-state index < -0.39 is 10.0 Å². The van der Waals surface area contributed by atoms with Crippen LogP contribution in [0, 0.1) is 11.3 Å². The molecule has 4 nitrogen and oxygen atoms in total. The topological polar surface area (TPSA) is 70.0 Å². The Hall–Kier alpha value is -1.35. The first-order valence-corrected chi connectivity index (χ1v) is 7.43. The summed E-state index contributed by atoms with van der Waals surface area (Å²) in [5.41, 5.74) is 1.15. The van der Waals surface area contributed by atoms with Crippen LogP contribution >= 0.6 is 11.6 Å². The molecule has 6 heteroatoms. The van der Waals surface area contributed by atoms with Crippen LogP contribution in [0.4, 0.5) is 0 Å². The Kier molecular flexibility index (Phi) is 5.86. The molecule has 0 spiro atoms. The van der Waals surface area contributed by atoms with Gasteiger partial charge in [-0.3, -0.25) is 0 Å². The van der Waals surface area contributed by atoms with Crippen molar-refractivity contribution in [3.63, 3.8) is 0 Å². The highest BCUT2D eigenvalue weighted by Gasteiger charge is 2.09. The first-order valence-electron chi connectivity index (χ1n) is 5.25. The molecule has 18 heavy (non-hydrogen) atoms. The normalized spacial score (nSPS) is 11.6. The summed E-state index contributed by atoms with van der Waals surface area (Å²) < 4.78 is 25.8. The highest BCUT2D eigenvalue weighted by atomic mass is 35.5. The van der Waals surface area contributed by atoms with E-state index in [4.69, 9.17) is 16.9 Å². The largest absolute Gasteiger partial charge is 0.216 e. The van der Waals surface area contributed by atoms with Crippen molar-refractivity contribution in [1.82, 2.24) is 4.72 Å². The molecule has 1 aromatic carbocycles. The van der Waals surface area contributed by atoms with Gasteiger partial charge in [-0.1, -0.05) is 24.3 Å². The van der Waals surface area contributed by atoms with Crippen LogP contribution in [0.25, 0.3) is 0 Å². The summed E-state index contributed by atoms with van der Waals surface area (Å²) in [7, 11) is -3.36. The van der Waals surface area contributed by atoms with E-state index in [0.29, 0.717) is 17.0 Å². The molecule has 0 heterocycles. The summed E-state index contributed by atoms with van der Waals surface area (Å²) in [5, 5.41) is 8.63. The maximum absolute atomic E-state index is 11.7. The Morgan fingerprint density at radius 1 is 1.28 bits per heavy atom. The number of rotatable bonds is 6. The van der Waals surface area contributed by atoms with Gasteiger partial charge in [0.25, 0.3) is 0 Å². The van der Waals surface area contributed by atoms with E-state index >= 15 is 0 Å². The number of hydrogen-bond acceptors (Lipinski definition) is 3. The van der Waals surface area contributed by atoms with Crippen LogP contribution in [0.15, 0.2) is 36.4 Å². The van der Waals surface area contributed by atoms with Gasteiger partial charge >= 0.3 is 0 Å². The second kappa shape index (κ2) is 7.17. The molecule has 0 atom stereocenters. The molecule has 1 N–H and O–H groups in total. The van der Waals surface area contributed by atoms with Crippen molar-refractivity contribution in [1.29, 1.82) is 5.26 Å². The Labute approximate surface area is 112 Å². The Bertz CT molecular complexity index is 544. The molecule has 0 saturated carbocycles. The molecule has 0 bridgehead atoms. The molecule has 0 aromatic heterocycles. The SMILES string of the molecule is N#Cc1ccc(CS(=O)(=O)NC/C=C/CCl)cc1. The van der Waals surface area contributed by atoms with E-state index in [2.05, 4.69) is 4.72 Å². The van der Waals surface area contributed by atoms with Gasteiger partial charge in [-0.2, -0.15) is 5.26 Å². The van der Waals surface area contributed by atoms with E-state index in [1.807, 2.05) is 6.07 Å². The predicted octanol–water partition coefficient (Wildman–Crippen LogP) is 1.77. The molecular formula is C12H13ClN2O2S. The van der Waals surface area contributed by atoms with Crippen molar-refractivity contribution in [2.24, 2.45) is 0 Å². The van der Waals surface area contributed by atoms with Gasteiger partial charge in [-0.25, -0.2) is 13.1 Å². The lowest BCUT2D eigenvalue weighted by atomic mass is 10.2. The zero-order valence-electron chi connectivity index (χ0n) is 9.64. The maximum Gasteiger partial charge on any atom is 0.216 e. The number of sulfonamides is 1. The maximum atomic E-state index is 11.7. The van der Waals surface area contributed by atoms with Gasteiger partial charge in [0.2, 0.25) is 10.0 Å². The van der Waals surface area contributed by atoms with Crippen molar-refractivity contribution in [3.05, 3.63) is 47.5 Å². The highest BCUT2D eigenvalue weighted by Crippen LogP contribution is 2.06. The van der Waals surface area contributed by atoms with Crippen LogP contribution in [-0.2, 0) is 15.8 Å². The van der Waals surface area contributed by atoms with Gasteiger partial charge < -0.3 is 0 Å². The number of hydrogen-bond donors (Lipinski definition) is 1. The molecule has 0 aliphatic carbocycles. The standard InChI is InChI=1S/C12H13ClN2O2S/c13-7-1-2-8-15-18(16,17)10-12-5-3-11(9-14)4-6-12/h1-6,15H,7-8,10H2/b2-1+. The van der Waals surface area contributed by atoms with Gasteiger partial charge in [-0.15, -0.1) is 11.6 Å². The van der Waals surface area contributed by atoms with Gasteiger partial charge in [0, 0.05) is 12.4 Å². The lowest BCUT2D eigenvalue weighted by molar-refractivity contribution is 0.584. The van der Waals surface area contributed by atoms with Crippen LogP contribution in [0.2, 0.25) is 0 Å². The zero-order chi connectivity index (χ0) is 13.4. The first-order chi connectivity index (χ1) is 8.57. The molecule has 0 amide bonds. The van der Waals surface area contributed by atoms with Gasteiger partial charge in [0.15, 0.2) is 0 Å². The fraction of sp³-hybridized carbons (Fsp3) is 0.250. The summed E-state index contributed by atoms with van der Waals surface area (Å²) >= 11 is 5.42. The van der Waals surface area contributed by atoms with Gasteiger partial charge in [0.1, 0.15) is 0 Å². The van der Waals surface area contributed by atoms with E-state index in [-0.39, 0.29) is 12.3 Å². The second-order valence-corrected chi connectivity index (χ2v) is 5.66. The molecule has 0 radical (unpaired) electrons. The average Bonchev–Trinajstić information content (AvgIpc) is 2.35. The molecule has 0 fully saturated rings.